The largest absolute Gasteiger partial charge is 0.372 e. The fourth-order valence-electron chi connectivity index (χ4n) is 2.53. The molecule has 0 amide bonds. The first-order valence-corrected chi connectivity index (χ1v) is 7.73. The molecule has 2 aromatic carbocycles. The van der Waals surface area contributed by atoms with Crippen LogP contribution in [0.25, 0.3) is 11.1 Å². The summed E-state index contributed by atoms with van der Waals surface area (Å²) in [6.07, 6.45) is 0. The van der Waals surface area contributed by atoms with Gasteiger partial charge in [0.25, 0.3) is 0 Å². The van der Waals surface area contributed by atoms with Gasteiger partial charge in [-0.2, -0.15) is 0 Å². The van der Waals surface area contributed by atoms with E-state index in [-0.39, 0.29) is 5.41 Å². The SMILES string of the molecule is CC(C)N(C)c1ccc(-c2ccccc2)cc1C(C)(C)C. The Bertz CT molecular complexity index is 591. The third-order valence-corrected chi connectivity index (χ3v) is 4.07. The van der Waals surface area contributed by atoms with Gasteiger partial charge in [0.05, 0.1) is 0 Å². The van der Waals surface area contributed by atoms with E-state index in [4.69, 9.17) is 0 Å². The van der Waals surface area contributed by atoms with Crippen molar-refractivity contribution >= 4 is 5.69 Å². The quantitative estimate of drug-likeness (QED) is 0.718. The Labute approximate surface area is 129 Å². The Balaban J connectivity index is 2.56. The van der Waals surface area contributed by atoms with Gasteiger partial charge in [0, 0.05) is 18.8 Å². The van der Waals surface area contributed by atoms with Crippen molar-refractivity contribution in [1.29, 1.82) is 0 Å². The highest BCUT2D eigenvalue weighted by Gasteiger charge is 2.21. The van der Waals surface area contributed by atoms with E-state index in [0.29, 0.717) is 6.04 Å². The van der Waals surface area contributed by atoms with Crippen molar-refractivity contribution in [3.63, 3.8) is 0 Å². The third-order valence-electron chi connectivity index (χ3n) is 4.07. The monoisotopic (exact) mass is 281 g/mol. The molecule has 2 rings (SSSR count). The minimum atomic E-state index is 0.128. The molecule has 0 bridgehead atoms. The Morgan fingerprint density at radius 3 is 2.00 bits per heavy atom. The minimum Gasteiger partial charge on any atom is -0.372 e. The minimum absolute atomic E-state index is 0.128. The summed E-state index contributed by atoms with van der Waals surface area (Å²) in [6.45, 7) is 11.3. The molecule has 1 heteroatoms. The van der Waals surface area contributed by atoms with Crippen LogP contribution in [0.2, 0.25) is 0 Å². The van der Waals surface area contributed by atoms with E-state index in [1.807, 2.05) is 0 Å². The Kier molecular flexibility index (Phi) is 4.41. The average molecular weight is 281 g/mol. The van der Waals surface area contributed by atoms with E-state index in [2.05, 4.69) is 95.1 Å². The predicted octanol–water partition coefficient (Wildman–Crippen LogP) is 5.50. The van der Waals surface area contributed by atoms with E-state index >= 15 is 0 Å². The molecule has 0 aliphatic carbocycles. The second kappa shape index (κ2) is 5.93. The fraction of sp³-hybridized carbons (Fsp3) is 0.400. The number of hydrogen-bond acceptors (Lipinski definition) is 1. The van der Waals surface area contributed by atoms with Gasteiger partial charge < -0.3 is 4.90 Å². The second-order valence-corrected chi connectivity index (χ2v) is 7.05. The van der Waals surface area contributed by atoms with Gasteiger partial charge in [-0.3, -0.25) is 0 Å². The van der Waals surface area contributed by atoms with Crippen LogP contribution in [0.1, 0.15) is 40.2 Å². The third kappa shape index (κ3) is 3.47. The summed E-state index contributed by atoms with van der Waals surface area (Å²) in [5.74, 6) is 0. The fourth-order valence-corrected chi connectivity index (χ4v) is 2.53. The molecule has 1 nitrogen and oxygen atoms in total. The number of hydrogen-bond donors (Lipinski definition) is 0. The molecule has 0 saturated heterocycles. The summed E-state index contributed by atoms with van der Waals surface area (Å²) in [7, 11) is 2.18. The summed E-state index contributed by atoms with van der Waals surface area (Å²) in [4.78, 5) is 2.36. The van der Waals surface area contributed by atoms with Crippen LogP contribution >= 0.6 is 0 Å². The average Bonchev–Trinajstić information content (AvgIpc) is 2.46. The number of benzene rings is 2. The topological polar surface area (TPSA) is 3.24 Å². The van der Waals surface area contributed by atoms with Crippen molar-refractivity contribution in [3.05, 3.63) is 54.1 Å². The van der Waals surface area contributed by atoms with Gasteiger partial charge in [-0.05, 0) is 48.1 Å². The highest BCUT2D eigenvalue weighted by atomic mass is 15.1. The molecule has 21 heavy (non-hydrogen) atoms. The predicted molar refractivity (Wildman–Crippen MR) is 94.1 cm³/mol. The van der Waals surface area contributed by atoms with Crippen LogP contribution < -0.4 is 4.90 Å². The molecule has 0 fully saturated rings. The van der Waals surface area contributed by atoms with E-state index in [0.717, 1.165) is 0 Å². The molecule has 0 N–H and O–H groups in total. The first-order chi connectivity index (χ1) is 9.80. The van der Waals surface area contributed by atoms with Gasteiger partial charge in [-0.1, -0.05) is 57.2 Å². The zero-order valence-electron chi connectivity index (χ0n) is 14.1. The van der Waals surface area contributed by atoms with E-state index in [1.165, 1.54) is 22.4 Å². The van der Waals surface area contributed by atoms with Crippen LogP contribution in [-0.2, 0) is 5.41 Å². The Hall–Kier alpha value is -1.76. The van der Waals surface area contributed by atoms with Crippen molar-refractivity contribution in [1.82, 2.24) is 0 Å². The maximum absolute atomic E-state index is 2.36. The van der Waals surface area contributed by atoms with Gasteiger partial charge in [-0.25, -0.2) is 0 Å². The maximum Gasteiger partial charge on any atom is 0.0404 e. The second-order valence-electron chi connectivity index (χ2n) is 7.05. The van der Waals surface area contributed by atoms with E-state index in [9.17, 15) is 0 Å². The maximum atomic E-state index is 2.36. The van der Waals surface area contributed by atoms with Crippen molar-refractivity contribution in [2.75, 3.05) is 11.9 Å². The standard InChI is InChI=1S/C20H27N/c1-15(2)21(6)19-13-12-17(14-18(19)20(3,4)5)16-10-8-7-9-11-16/h7-15H,1-6H3. The van der Waals surface area contributed by atoms with Gasteiger partial charge >= 0.3 is 0 Å². The molecule has 0 unspecified atom stereocenters. The molecular formula is C20H27N. The number of rotatable bonds is 3. The van der Waals surface area contributed by atoms with Gasteiger partial charge in [0.1, 0.15) is 0 Å². The first kappa shape index (κ1) is 15.6. The molecular weight excluding hydrogens is 254 g/mol. The normalized spacial score (nSPS) is 11.8. The summed E-state index contributed by atoms with van der Waals surface area (Å²) in [5.41, 5.74) is 5.43. The van der Waals surface area contributed by atoms with Gasteiger partial charge in [-0.15, -0.1) is 0 Å². The lowest BCUT2D eigenvalue weighted by Crippen LogP contribution is -2.28. The van der Waals surface area contributed by atoms with Crippen molar-refractivity contribution in [2.24, 2.45) is 0 Å². The zero-order chi connectivity index (χ0) is 15.6. The van der Waals surface area contributed by atoms with Crippen molar-refractivity contribution in [2.45, 2.75) is 46.1 Å². The summed E-state index contributed by atoms with van der Waals surface area (Å²) in [6, 6.07) is 18.0. The lowest BCUT2D eigenvalue weighted by atomic mass is 9.83. The van der Waals surface area contributed by atoms with Crippen LogP contribution in [-0.4, -0.2) is 13.1 Å². The first-order valence-electron chi connectivity index (χ1n) is 7.73. The Morgan fingerprint density at radius 2 is 1.48 bits per heavy atom. The van der Waals surface area contributed by atoms with Crippen molar-refractivity contribution < 1.29 is 0 Å². The molecule has 0 saturated carbocycles. The van der Waals surface area contributed by atoms with Crippen LogP contribution in [0.15, 0.2) is 48.5 Å². The smallest absolute Gasteiger partial charge is 0.0404 e. The Morgan fingerprint density at radius 1 is 0.857 bits per heavy atom. The zero-order valence-corrected chi connectivity index (χ0v) is 14.1. The molecule has 2 aromatic rings. The molecule has 0 spiro atoms. The van der Waals surface area contributed by atoms with Gasteiger partial charge in [0.15, 0.2) is 0 Å². The summed E-state index contributed by atoms with van der Waals surface area (Å²) in [5, 5.41) is 0. The lowest BCUT2D eigenvalue weighted by Gasteiger charge is -2.32. The van der Waals surface area contributed by atoms with Crippen LogP contribution in [0.3, 0.4) is 0 Å². The van der Waals surface area contributed by atoms with E-state index < -0.39 is 0 Å². The highest BCUT2D eigenvalue weighted by molar-refractivity contribution is 5.70. The van der Waals surface area contributed by atoms with Gasteiger partial charge in [0.2, 0.25) is 0 Å². The number of anilines is 1. The molecule has 0 radical (unpaired) electrons. The van der Waals surface area contributed by atoms with E-state index in [1.54, 1.807) is 0 Å². The van der Waals surface area contributed by atoms with Crippen LogP contribution in [0.5, 0.6) is 0 Å². The molecule has 0 atom stereocenters. The summed E-state index contributed by atoms with van der Waals surface area (Å²) >= 11 is 0. The number of nitrogens with zero attached hydrogens (tertiary/aromatic N) is 1. The molecule has 0 aromatic heterocycles. The molecule has 112 valence electrons. The van der Waals surface area contributed by atoms with Crippen molar-refractivity contribution in [3.8, 4) is 11.1 Å². The van der Waals surface area contributed by atoms with Crippen LogP contribution in [0, 0.1) is 0 Å². The summed E-state index contributed by atoms with van der Waals surface area (Å²) < 4.78 is 0. The molecule has 0 aliphatic heterocycles. The molecule has 0 heterocycles. The van der Waals surface area contributed by atoms with Crippen LogP contribution in [0.4, 0.5) is 5.69 Å². The lowest BCUT2D eigenvalue weighted by molar-refractivity contribution is 0.585. The highest BCUT2D eigenvalue weighted by Crippen LogP contribution is 2.35. The molecule has 0 aliphatic rings.